The fourth-order valence-electron chi connectivity index (χ4n) is 3.13. The van der Waals surface area contributed by atoms with Crippen molar-refractivity contribution in [1.82, 2.24) is 10.6 Å². The third-order valence-corrected chi connectivity index (χ3v) is 4.97. The number of aliphatic hydroxyl groups is 1. The zero-order chi connectivity index (χ0) is 18.0. The topological polar surface area (TPSA) is 44.3 Å². The maximum atomic E-state index is 13.8. The number of benzene rings is 2. The first-order valence-corrected chi connectivity index (χ1v) is 9.05. The summed E-state index contributed by atoms with van der Waals surface area (Å²) in [6.45, 7) is -0.172. The van der Waals surface area contributed by atoms with Crippen molar-refractivity contribution < 1.29 is 9.50 Å². The highest BCUT2D eigenvalue weighted by atomic mass is 35.5. The number of rotatable bonds is 4. The number of thiocarbonyl (C=S) groups is 1. The molecular weight excluding hydrogens is 382 g/mol. The van der Waals surface area contributed by atoms with Crippen LogP contribution in [-0.4, -0.2) is 16.8 Å². The molecule has 3 nitrogen and oxygen atoms in total. The summed E-state index contributed by atoms with van der Waals surface area (Å²) in [4.78, 5) is 0. The number of hydrogen-bond donors (Lipinski definition) is 3. The van der Waals surface area contributed by atoms with Gasteiger partial charge in [0.05, 0.1) is 18.7 Å². The van der Waals surface area contributed by atoms with Gasteiger partial charge >= 0.3 is 0 Å². The van der Waals surface area contributed by atoms with Gasteiger partial charge in [0.15, 0.2) is 5.11 Å². The van der Waals surface area contributed by atoms with E-state index in [0.717, 1.165) is 23.1 Å². The lowest BCUT2D eigenvalue weighted by molar-refractivity contribution is 0.257. The second-order valence-corrected chi connectivity index (χ2v) is 7.24. The Morgan fingerprint density at radius 3 is 2.68 bits per heavy atom. The molecule has 0 saturated carbocycles. The number of nitrogens with one attached hydrogen (secondary N) is 2. The first kappa shape index (κ1) is 18.4. The van der Waals surface area contributed by atoms with Gasteiger partial charge in [0.2, 0.25) is 0 Å². The van der Waals surface area contributed by atoms with E-state index in [1.165, 1.54) is 6.07 Å². The summed E-state index contributed by atoms with van der Waals surface area (Å²) >= 11 is 17.4. The van der Waals surface area contributed by atoms with Crippen LogP contribution in [-0.2, 0) is 6.42 Å². The third kappa shape index (κ3) is 4.23. The average molecular weight is 399 g/mol. The quantitative estimate of drug-likeness (QED) is 0.671. The maximum Gasteiger partial charge on any atom is 0.167 e. The van der Waals surface area contributed by atoms with Crippen molar-refractivity contribution in [2.45, 2.75) is 24.9 Å². The fraction of sp³-hybridized carbons (Fsp3) is 0.278. The molecule has 0 bridgehead atoms. The lowest BCUT2D eigenvalue weighted by Gasteiger charge is -2.22. The highest BCUT2D eigenvalue weighted by molar-refractivity contribution is 7.80. The normalized spacial score (nSPS) is 17.0. The molecule has 3 N–H and O–H groups in total. The minimum absolute atomic E-state index is 0.0482. The van der Waals surface area contributed by atoms with Crippen LogP contribution in [0.4, 0.5) is 4.39 Å². The van der Waals surface area contributed by atoms with Crippen LogP contribution in [0.3, 0.4) is 0 Å². The van der Waals surface area contributed by atoms with Gasteiger partial charge in [-0.2, -0.15) is 0 Å². The molecule has 1 aliphatic rings. The molecule has 2 unspecified atom stereocenters. The molecule has 2 atom stereocenters. The highest BCUT2D eigenvalue weighted by Gasteiger charge is 2.25. The Labute approximate surface area is 161 Å². The van der Waals surface area contributed by atoms with Gasteiger partial charge in [-0.25, -0.2) is 4.39 Å². The monoisotopic (exact) mass is 398 g/mol. The van der Waals surface area contributed by atoms with E-state index in [9.17, 15) is 9.50 Å². The van der Waals surface area contributed by atoms with Crippen molar-refractivity contribution in [2.75, 3.05) is 6.61 Å². The van der Waals surface area contributed by atoms with E-state index < -0.39 is 6.04 Å². The molecule has 0 fully saturated rings. The van der Waals surface area contributed by atoms with Gasteiger partial charge in [-0.15, -0.1) is 0 Å². The number of halogens is 3. The number of fused-ring (bicyclic) bond motifs is 1. The van der Waals surface area contributed by atoms with Crippen LogP contribution in [0, 0.1) is 5.82 Å². The largest absolute Gasteiger partial charge is 0.394 e. The Balaban J connectivity index is 1.69. The molecule has 7 heteroatoms. The molecule has 0 radical (unpaired) electrons. The number of aliphatic hydroxyl groups excluding tert-OH is 1. The standard InChI is InChI=1S/C18H17Cl2FN2OS/c19-11-6-10(7-12(20)8-11)17(9-24)23-18(25)22-16-5-4-13-14(16)2-1-3-15(13)21/h1-3,6-8,16-17,24H,4-5,9H2,(H2,22,23,25). The Hall–Kier alpha value is -1.40. The van der Waals surface area contributed by atoms with Gasteiger partial charge in [-0.3, -0.25) is 0 Å². The van der Waals surface area contributed by atoms with Crippen LogP contribution < -0.4 is 10.6 Å². The van der Waals surface area contributed by atoms with E-state index in [1.807, 2.05) is 6.07 Å². The second kappa shape index (κ2) is 7.87. The van der Waals surface area contributed by atoms with E-state index in [2.05, 4.69) is 10.6 Å². The first-order chi connectivity index (χ1) is 12.0. The molecule has 25 heavy (non-hydrogen) atoms. The smallest absolute Gasteiger partial charge is 0.167 e. The second-order valence-electron chi connectivity index (χ2n) is 5.95. The summed E-state index contributed by atoms with van der Waals surface area (Å²) in [5.41, 5.74) is 2.40. The van der Waals surface area contributed by atoms with Gasteiger partial charge < -0.3 is 15.7 Å². The van der Waals surface area contributed by atoms with Crippen molar-refractivity contribution in [3.8, 4) is 0 Å². The summed E-state index contributed by atoms with van der Waals surface area (Å²) in [5, 5.41) is 17.3. The predicted molar refractivity (Wildman–Crippen MR) is 103 cm³/mol. The summed E-state index contributed by atoms with van der Waals surface area (Å²) in [5.74, 6) is -0.178. The van der Waals surface area contributed by atoms with Crippen LogP contribution in [0.5, 0.6) is 0 Å². The predicted octanol–water partition coefficient (Wildman–Crippen LogP) is 4.32. The van der Waals surface area contributed by atoms with Gasteiger partial charge in [0.25, 0.3) is 0 Å². The SMILES string of the molecule is OCC(NC(=S)NC1CCc2c(F)cccc21)c1cc(Cl)cc(Cl)c1. The van der Waals surface area contributed by atoms with Crippen LogP contribution >= 0.6 is 35.4 Å². The molecule has 2 aromatic rings. The van der Waals surface area contributed by atoms with Crippen molar-refractivity contribution in [3.05, 3.63) is 69.0 Å². The summed E-state index contributed by atoms with van der Waals surface area (Å²) in [6.07, 6.45) is 1.44. The van der Waals surface area contributed by atoms with Crippen LogP contribution in [0.25, 0.3) is 0 Å². The molecule has 3 rings (SSSR count). The first-order valence-electron chi connectivity index (χ1n) is 7.89. The van der Waals surface area contributed by atoms with Crippen molar-refractivity contribution in [2.24, 2.45) is 0 Å². The molecule has 2 aromatic carbocycles. The molecule has 0 spiro atoms. The van der Waals surface area contributed by atoms with Crippen molar-refractivity contribution in [3.63, 3.8) is 0 Å². The van der Waals surface area contributed by atoms with Gasteiger partial charge in [-0.1, -0.05) is 35.3 Å². The van der Waals surface area contributed by atoms with Crippen LogP contribution in [0.15, 0.2) is 36.4 Å². The zero-order valence-electron chi connectivity index (χ0n) is 13.2. The van der Waals surface area contributed by atoms with E-state index in [4.69, 9.17) is 35.4 Å². The van der Waals surface area contributed by atoms with Crippen molar-refractivity contribution >= 4 is 40.5 Å². The molecule has 0 amide bonds. The number of hydrogen-bond acceptors (Lipinski definition) is 2. The van der Waals surface area contributed by atoms with E-state index in [1.54, 1.807) is 24.3 Å². The summed E-state index contributed by atoms with van der Waals surface area (Å²) < 4.78 is 13.8. The molecule has 0 aliphatic heterocycles. The summed E-state index contributed by atoms with van der Waals surface area (Å²) in [6, 6.07) is 9.68. The van der Waals surface area contributed by atoms with E-state index in [0.29, 0.717) is 21.6 Å². The van der Waals surface area contributed by atoms with Crippen LogP contribution in [0.2, 0.25) is 10.0 Å². The Morgan fingerprint density at radius 2 is 2.00 bits per heavy atom. The van der Waals surface area contributed by atoms with Gasteiger partial charge in [0, 0.05) is 10.0 Å². The molecule has 132 valence electrons. The van der Waals surface area contributed by atoms with Crippen LogP contribution in [0.1, 0.15) is 35.2 Å². The van der Waals surface area contributed by atoms with Gasteiger partial charge in [0.1, 0.15) is 5.82 Å². The lowest BCUT2D eigenvalue weighted by atomic mass is 10.1. The van der Waals surface area contributed by atoms with Crippen molar-refractivity contribution in [1.29, 1.82) is 0 Å². The molecule has 0 saturated heterocycles. The minimum Gasteiger partial charge on any atom is -0.394 e. The Bertz CT molecular complexity index is 782. The van der Waals surface area contributed by atoms with Gasteiger partial charge in [-0.05, 0) is 66.0 Å². The Morgan fingerprint density at radius 1 is 1.28 bits per heavy atom. The highest BCUT2D eigenvalue weighted by Crippen LogP contribution is 2.32. The minimum atomic E-state index is -0.440. The lowest BCUT2D eigenvalue weighted by Crippen LogP contribution is -2.40. The average Bonchev–Trinajstić information content (AvgIpc) is 2.96. The summed E-state index contributed by atoms with van der Waals surface area (Å²) in [7, 11) is 0. The molecular formula is C18H17Cl2FN2OS. The third-order valence-electron chi connectivity index (χ3n) is 4.29. The Kier molecular flexibility index (Phi) is 5.79. The molecule has 0 heterocycles. The maximum absolute atomic E-state index is 13.8. The molecule has 1 aliphatic carbocycles. The zero-order valence-corrected chi connectivity index (χ0v) is 15.6. The van der Waals surface area contributed by atoms with E-state index in [-0.39, 0.29) is 18.5 Å². The van der Waals surface area contributed by atoms with E-state index >= 15 is 0 Å². The fourth-order valence-corrected chi connectivity index (χ4v) is 3.96. The molecule has 0 aromatic heterocycles.